The number of rotatable bonds is 2. The molecular weight excluding hydrogens is 182 g/mol. The van der Waals surface area contributed by atoms with E-state index < -0.39 is 6.10 Å². The van der Waals surface area contributed by atoms with Crippen molar-refractivity contribution in [1.82, 2.24) is 4.98 Å². The Hall–Kier alpha value is -1.11. The predicted octanol–water partition coefficient (Wildman–Crippen LogP) is 1.74. The van der Waals surface area contributed by atoms with Gasteiger partial charge in [-0.1, -0.05) is 12.0 Å². The standard InChI is InChI=1S/C10H11NOS/c1-3-4-10(12)6-5-9-7-13-8(2)11-9/h3,7,10,12H,1,4H2,2H3/t10-/m0/s1. The molecule has 0 aliphatic carbocycles. The van der Waals surface area contributed by atoms with E-state index in [1.165, 1.54) is 0 Å². The molecule has 1 atom stereocenters. The van der Waals surface area contributed by atoms with Crippen molar-refractivity contribution in [1.29, 1.82) is 0 Å². The minimum Gasteiger partial charge on any atom is -0.380 e. The van der Waals surface area contributed by atoms with E-state index in [4.69, 9.17) is 0 Å². The molecule has 1 rings (SSSR count). The van der Waals surface area contributed by atoms with Crippen LogP contribution in [0.15, 0.2) is 18.0 Å². The minimum atomic E-state index is -0.625. The minimum absolute atomic E-state index is 0.496. The van der Waals surface area contributed by atoms with Gasteiger partial charge in [-0.05, 0) is 12.8 Å². The summed E-state index contributed by atoms with van der Waals surface area (Å²) in [5.74, 6) is 5.49. The van der Waals surface area contributed by atoms with Gasteiger partial charge >= 0.3 is 0 Å². The van der Waals surface area contributed by atoms with E-state index in [0.29, 0.717) is 6.42 Å². The molecular formula is C10H11NOS. The third-order valence-electron chi connectivity index (χ3n) is 1.38. The molecule has 0 aromatic carbocycles. The molecule has 1 heterocycles. The lowest BCUT2D eigenvalue weighted by molar-refractivity contribution is 0.236. The molecule has 0 radical (unpaired) electrons. The zero-order valence-electron chi connectivity index (χ0n) is 7.45. The van der Waals surface area contributed by atoms with Gasteiger partial charge in [0.25, 0.3) is 0 Å². The van der Waals surface area contributed by atoms with Crippen molar-refractivity contribution in [2.24, 2.45) is 0 Å². The van der Waals surface area contributed by atoms with Gasteiger partial charge in [-0.3, -0.25) is 0 Å². The molecule has 1 aromatic rings. The van der Waals surface area contributed by atoms with E-state index in [2.05, 4.69) is 23.4 Å². The smallest absolute Gasteiger partial charge is 0.124 e. The predicted molar refractivity (Wildman–Crippen MR) is 54.5 cm³/mol. The summed E-state index contributed by atoms with van der Waals surface area (Å²) in [7, 11) is 0. The number of aryl methyl sites for hydroxylation is 1. The lowest BCUT2D eigenvalue weighted by Crippen LogP contribution is -1.99. The van der Waals surface area contributed by atoms with Crippen molar-refractivity contribution in [3.05, 3.63) is 28.7 Å². The molecule has 0 amide bonds. The average Bonchev–Trinajstić information content (AvgIpc) is 2.49. The Labute approximate surface area is 81.9 Å². The molecule has 0 aliphatic heterocycles. The molecule has 0 aliphatic rings. The highest BCUT2D eigenvalue weighted by Crippen LogP contribution is 2.06. The Morgan fingerprint density at radius 1 is 1.85 bits per heavy atom. The highest BCUT2D eigenvalue weighted by Gasteiger charge is 1.95. The maximum atomic E-state index is 9.25. The topological polar surface area (TPSA) is 33.1 Å². The summed E-state index contributed by atoms with van der Waals surface area (Å²) in [4.78, 5) is 4.15. The highest BCUT2D eigenvalue weighted by molar-refractivity contribution is 7.09. The first-order valence-electron chi connectivity index (χ1n) is 3.95. The number of hydrogen-bond donors (Lipinski definition) is 1. The fourth-order valence-corrected chi connectivity index (χ4v) is 1.34. The molecule has 68 valence electrons. The molecule has 0 fully saturated rings. The summed E-state index contributed by atoms with van der Waals surface area (Å²) in [5, 5.41) is 12.1. The normalized spacial score (nSPS) is 11.5. The highest BCUT2D eigenvalue weighted by atomic mass is 32.1. The largest absolute Gasteiger partial charge is 0.380 e. The lowest BCUT2D eigenvalue weighted by atomic mass is 10.2. The third-order valence-corrected chi connectivity index (χ3v) is 2.15. The number of aromatic nitrogens is 1. The van der Waals surface area contributed by atoms with Crippen molar-refractivity contribution < 1.29 is 5.11 Å². The SMILES string of the molecule is C=CC[C@H](O)C#Cc1csc(C)n1. The van der Waals surface area contributed by atoms with Crippen molar-refractivity contribution in [3.63, 3.8) is 0 Å². The van der Waals surface area contributed by atoms with E-state index in [-0.39, 0.29) is 0 Å². The monoisotopic (exact) mass is 193 g/mol. The first-order valence-corrected chi connectivity index (χ1v) is 4.83. The van der Waals surface area contributed by atoms with Gasteiger partial charge < -0.3 is 5.11 Å². The van der Waals surface area contributed by atoms with Crippen molar-refractivity contribution >= 4 is 11.3 Å². The summed E-state index contributed by atoms with van der Waals surface area (Å²) in [5.41, 5.74) is 0.727. The van der Waals surface area contributed by atoms with Crippen molar-refractivity contribution in [2.75, 3.05) is 0 Å². The van der Waals surface area contributed by atoms with Crippen molar-refractivity contribution in [3.8, 4) is 11.8 Å². The first-order chi connectivity index (χ1) is 6.22. The summed E-state index contributed by atoms with van der Waals surface area (Å²) in [6.45, 7) is 5.45. The van der Waals surface area contributed by atoms with E-state index in [0.717, 1.165) is 10.7 Å². The van der Waals surface area contributed by atoms with Crippen LogP contribution in [-0.4, -0.2) is 16.2 Å². The molecule has 0 spiro atoms. The lowest BCUT2D eigenvalue weighted by Gasteiger charge is -1.93. The van der Waals surface area contributed by atoms with E-state index in [1.807, 2.05) is 12.3 Å². The van der Waals surface area contributed by atoms with Gasteiger partial charge in [0.1, 0.15) is 11.8 Å². The summed E-state index contributed by atoms with van der Waals surface area (Å²) >= 11 is 1.55. The van der Waals surface area contributed by atoms with E-state index in [1.54, 1.807) is 17.4 Å². The van der Waals surface area contributed by atoms with Crippen LogP contribution in [0.5, 0.6) is 0 Å². The van der Waals surface area contributed by atoms with Crippen LogP contribution < -0.4 is 0 Å². The first kappa shape index (κ1) is 9.97. The number of nitrogens with zero attached hydrogens (tertiary/aromatic N) is 1. The molecule has 0 unspecified atom stereocenters. The second-order valence-electron chi connectivity index (χ2n) is 2.56. The maximum absolute atomic E-state index is 9.25. The Morgan fingerprint density at radius 2 is 2.62 bits per heavy atom. The van der Waals surface area contributed by atoms with Crippen molar-refractivity contribution in [2.45, 2.75) is 19.4 Å². The van der Waals surface area contributed by atoms with Crippen LogP contribution >= 0.6 is 11.3 Å². The molecule has 1 aromatic heterocycles. The number of aliphatic hydroxyl groups is 1. The van der Waals surface area contributed by atoms with Gasteiger partial charge in [0.15, 0.2) is 0 Å². The third kappa shape index (κ3) is 3.41. The van der Waals surface area contributed by atoms with Gasteiger partial charge in [0.05, 0.1) is 5.01 Å². The Balaban J connectivity index is 2.61. The second kappa shape index (κ2) is 4.80. The molecule has 13 heavy (non-hydrogen) atoms. The van der Waals surface area contributed by atoms with Gasteiger partial charge in [-0.15, -0.1) is 17.9 Å². The summed E-state index contributed by atoms with van der Waals surface area (Å²) < 4.78 is 0. The van der Waals surface area contributed by atoms with Crippen LogP contribution in [-0.2, 0) is 0 Å². The zero-order chi connectivity index (χ0) is 9.68. The Kier molecular flexibility index (Phi) is 3.69. The number of aliphatic hydroxyl groups excluding tert-OH is 1. The van der Waals surface area contributed by atoms with E-state index >= 15 is 0 Å². The molecule has 0 bridgehead atoms. The summed E-state index contributed by atoms with van der Waals surface area (Å²) in [6.07, 6.45) is 1.52. The molecule has 2 nitrogen and oxygen atoms in total. The van der Waals surface area contributed by atoms with Crippen LogP contribution in [0, 0.1) is 18.8 Å². The van der Waals surface area contributed by atoms with Crippen LogP contribution in [0.3, 0.4) is 0 Å². The Bertz CT molecular complexity index is 345. The van der Waals surface area contributed by atoms with Crippen LogP contribution in [0.2, 0.25) is 0 Å². The molecule has 0 saturated carbocycles. The Morgan fingerprint density at radius 3 is 3.15 bits per heavy atom. The zero-order valence-corrected chi connectivity index (χ0v) is 8.27. The molecule has 0 saturated heterocycles. The van der Waals surface area contributed by atoms with Crippen LogP contribution in [0.1, 0.15) is 17.1 Å². The quantitative estimate of drug-likeness (QED) is 0.573. The van der Waals surface area contributed by atoms with Gasteiger partial charge in [-0.25, -0.2) is 4.98 Å². The fourth-order valence-electron chi connectivity index (χ4n) is 0.795. The summed E-state index contributed by atoms with van der Waals surface area (Å²) in [6, 6.07) is 0. The van der Waals surface area contributed by atoms with Gasteiger partial charge in [0, 0.05) is 11.8 Å². The number of hydrogen-bond acceptors (Lipinski definition) is 3. The molecule has 3 heteroatoms. The molecule has 1 N–H and O–H groups in total. The van der Waals surface area contributed by atoms with Crippen LogP contribution in [0.4, 0.5) is 0 Å². The maximum Gasteiger partial charge on any atom is 0.124 e. The van der Waals surface area contributed by atoms with Gasteiger partial charge in [0.2, 0.25) is 0 Å². The van der Waals surface area contributed by atoms with Crippen LogP contribution in [0.25, 0.3) is 0 Å². The second-order valence-corrected chi connectivity index (χ2v) is 3.62. The van der Waals surface area contributed by atoms with E-state index in [9.17, 15) is 5.11 Å². The van der Waals surface area contributed by atoms with Gasteiger partial charge in [-0.2, -0.15) is 0 Å². The number of thiazole rings is 1. The fraction of sp³-hybridized carbons (Fsp3) is 0.300. The average molecular weight is 193 g/mol.